The quantitative estimate of drug-likeness (QED) is 0.216. The largest absolute Gasteiger partial charge is 0.490 e. The first kappa shape index (κ1) is 26.4. The van der Waals surface area contributed by atoms with E-state index in [1.54, 1.807) is 54.6 Å². The van der Waals surface area contributed by atoms with Crippen molar-refractivity contribution in [2.24, 2.45) is 5.10 Å². The molecule has 0 heterocycles. The lowest BCUT2D eigenvalue weighted by atomic mass is 10.2. The summed E-state index contributed by atoms with van der Waals surface area (Å²) in [5.41, 5.74) is 3.75. The standard InChI is InChI=1S/C25H23Cl2N3O4S/c1-2-13-34-22-10-6-9-20(14-22)16-28-29-25(31)18-30(17-19-7-4-3-5-8-19)35(32,33)24-15-21(26)11-12-23(24)27/h2-12,14-16H,1,13,17-18H2,(H,29,31)/b28-16+. The Hall–Kier alpha value is -3.17. The summed E-state index contributed by atoms with van der Waals surface area (Å²) < 4.78 is 33.3. The maximum Gasteiger partial charge on any atom is 0.255 e. The van der Waals surface area contributed by atoms with E-state index >= 15 is 0 Å². The molecule has 1 N–H and O–H groups in total. The Morgan fingerprint density at radius 3 is 2.57 bits per heavy atom. The zero-order valence-corrected chi connectivity index (χ0v) is 20.9. The summed E-state index contributed by atoms with van der Waals surface area (Å²) in [6.07, 6.45) is 3.06. The molecule has 0 aliphatic rings. The number of nitrogens with one attached hydrogen (secondary N) is 1. The van der Waals surface area contributed by atoms with Crippen LogP contribution in [0, 0.1) is 0 Å². The zero-order chi connectivity index (χ0) is 25.3. The molecule has 0 fully saturated rings. The highest BCUT2D eigenvalue weighted by molar-refractivity contribution is 7.89. The first-order valence-corrected chi connectivity index (χ1v) is 12.6. The number of rotatable bonds is 11. The highest BCUT2D eigenvalue weighted by atomic mass is 35.5. The van der Waals surface area contributed by atoms with Crippen LogP contribution in [0.15, 0.2) is 95.4 Å². The smallest absolute Gasteiger partial charge is 0.255 e. The Kier molecular flexibility index (Phi) is 9.45. The van der Waals surface area contributed by atoms with Crippen molar-refractivity contribution in [2.75, 3.05) is 13.2 Å². The van der Waals surface area contributed by atoms with Crippen LogP contribution < -0.4 is 10.2 Å². The second-order valence-corrected chi connectivity index (χ2v) is 10.0. The molecule has 1 amide bonds. The molecule has 3 rings (SSSR count). The third kappa shape index (κ3) is 7.66. The van der Waals surface area contributed by atoms with Gasteiger partial charge in [-0.05, 0) is 41.5 Å². The number of carbonyl (C=O) groups excluding carboxylic acids is 1. The van der Waals surface area contributed by atoms with Gasteiger partial charge in [-0.15, -0.1) is 0 Å². The minimum absolute atomic E-state index is 0.00412. The van der Waals surface area contributed by atoms with Crippen LogP contribution >= 0.6 is 23.2 Å². The summed E-state index contributed by atoms with van der Waals surface area (Å²) in [6, 6.07) is 20.1. The molecule has 7 nitrogen and oxygen atoms in total. The van der Waals surface area contributed by atoms with E-state index in [0.29, 0.717) is 23.5 Å². The number of hydrazone groups is 1. The van der Waals surface area contributed by atoms with E-state index in [-0.39, 0.29) is 21.5 Å². The number of sulfonamides is 1. The average molecular weight is 532 g/mol. The zero-order valence-electron chi connectivity index (χ0n) is 18.6. The Labute approximate surface area is 214 Å². The Morgan fingerprint density at radius 1 is 1.06 bits per heavy atom. The van der Waals surface area contributed by atoms with Gasteiger partial charge < -0.3 is 4.74 Å². The van der Waals surface area contributed by atoms with Gasteiger partial charge in [0.1, 0.15) is 17.3 Å². The molecule has 0 spiro atoms. The van der Waals surface area contributed by atoms with Crippen LogP contribution in [0.1, 0.15) is 11.1 Å². The number of hydrogen-bond acceptors (Lipinski definition) is 5. The SMILES string of the molecule is C=CCOc1cccc(/C=N/NC(=O)CN(Cc2ccccc2)S(=O)(=O)c2cc(Cl)ccc2Cl)c1. The number of halogens is 2. The summed E-state index contributed by atoms with van der Waals surface area (Å²) in [7, 11) is -4.16. The molecule has 0 atom stereocenters. The van der Waals surface area contributed by atoms with Gasteiger partial charge in [0.25, 0.3) is 5.91 Å². The molecule has 10 heteroatoms. The molecule has 0 aliphatic carbocycles. The number of ether oxygens (including phenoxy) is 1. The highest BCUT2D eigenvalue weighted by Crippen LogP contribution is 2.28. The molecular weight excluding hydrogens is 509 g/mol. The second kappa shape index (κ2) is 12.5. The predicted molar refractivity (Wildman–Crippen MR) is 138 cm³/mol. The van der Waals surface area contributed by atoms with E-state index in [9.17, 15) is 13.2 Å². The van der Waals surface area contributed by atoms with Crippen molar-refractivity contribution in [1.82, 2.24) is 9.73 Å². The van der Waals surface area contributed by atoms with Gasteiger partial charge in [0.15, 0.2) is 0 Å². The van der Waals surface area contributed by atoms with Crippen molar-refractivity contribution in [1.29, 1.82) is 0 Å². The predicted octanol–water partition coefficient (Wildman–Crippen LogP) is 4.90. The fourth-order valence-corrected chi connectivity index (χ4v) is 5.16. The molecule has 0 unspecified atom stereocenters. The van der Waals surface area contributed by atoms with Crippen molar-refractivity contribution < 1.29 is 17.9 Å². The Morgan fingerprint density at radius 2 is 1.83 bits per heavy atom. The minimum atomic E-state index is -4.16. The van der Waals surface area contributed by atoms with Crippen molar-refractivity contribution in [3.63, 3.8) is 0 Å². The maximum absolute atomic E-state index is 13.4. The van der Waals surface area contributed by atoms with Gasteiger partial charge in [0.05, 0.1) is 17.8 Å². The van der Waals surface area contributed by atoms with E-state index < -0.39 is 22.5 Å². The first-order valence-electron chi connectivity index (χ1n) is 10.4. The van der Waals surface area contributed by atoms with E-state index in [4.69, 9.17) is 27.9 Å². The van der Waals surface area contributed by atoms with Crippen LogP contribution in [0.2, 0.25) is 10.0 Å². The first-order chi connectivity index (χ1) is 16.8. The van der Waals surface area contributed by atoms with E-state index in [1.807, 2.05) is 6.07 Å². The molecule has 0 bridgehead atoms. The number of benzene rings is 3. The number of amides is 1. The monoisotopic (exact) mass is 531 g/mol. The molecule has 0 radical (unpaired) electrons. The molecule has 35 heavy (non-hydrogen) atoms. The van der Waals surface area contributed by atoms with Crippen LogP contribution in [-0.4, -0.2) is 38.0 Å². The number of hydrogen-bond donors (Lipinski definition) is 1. The van der Waals surface area contributed by atoms with Crippen LogP contribution in [0.4, 0.5) is 0 Å². The lowest BCUT2D eigenvalue weighted by Gasteiger charge is -2.22. The lowest BCUT2D eigenvalue weighted by Crippen LogP contribution is -2.39. The number of carbonyl (C=O) groups is 1. The molecule has 182 valence electrons. The fourth-order valence-electron chi connectivity index (χ4n) is 3.04. The van der Waals surface area contributed by atoms with Gasteiger partial charge in [-0.1, -0.05) is 78.3 Å². The second-order valence-electron chi connectivity index (χ2n) is 7.30. The van der Waals surface area contributed by atoms with Gasteiger partial charge in [-0.3, -0.25) is 4.79 Å². The molecule has 0 aliphatic heterocycles. The van der Waals surface area contributed by atoms with Gasteiger partial charge in [0, 0.05) is 11.6 Å². The van der Waals surface area contributed by atoms with Gasteiger partial charge >= 0.3 is 0 Å². The molecule has 3 aromatic carbocycles. The van der Waals surface area contributed by atoms with Crippen molar-refractivity contribution in [2.45, 2.75) is 11.4 Å². The third-order valence-corrected chi connectivity index (χ3v) is 7.17. The Balaban J connectivity index is 1.77. The van der Waals surface area contributed by atoms with Gasteiger partial charge in [-0.2, -0.15) is 9.41 Å². The maximum atomic E-state index is 13.4. The van der Waals surface area contributed by atoms with Crippen LogP contribution in [0.25, 0.3) is 0 Å². The Bertz CT molecular complexity index is 1320. The average Bonchev–Trinajstić information content (AvgIpc) is 2.84. The van der Waals surface area contributed by atoms with Gasteiger partial charge in [-0.25, -0.2) is 13.8 Å². The summed E-state index contributed by atoms with van der Waals surface area (Å²) >= 11 is 12.2. The highest BCUT2D eigenvalue weighted by Gasteiger charge is 2.29. The van der Waals surface area contributed by atoms with E-state index in [0.717, 1.165) is 4.31 Å². The van der Waals surface area contributed by atoms with Crippen LogP contribution in [-0.2, 0) is 21.4 Å². The molecule has 0 saturated heterocycles. The van der Waals surface area contributed by atoms with Crippen molar-refractivity contribution in [3.8, 4) is 5.75 Å². The normalized spacial score (nSPS) is 11.5. The van der Waals surface area contributed by atoms with Gasteiger partial charge in [0.2, 0.25) is 10.0 Å². The van der Waals surface area contributed by atoms with Crippen LogP contribution in [0.3, 0.4) is 0 Å². The summed E-state index contributed by atoms with van der Waals surface area (Å²) in [5, 5.41) is 4.15. The summed E-state index contributed by atoms with van der Waals surface area (Å²) in [5.74, 6) is -0.00308. The molecule has 0 aromatic heterocycles. The third-order valence-electron chi connectivity index (χ3n) is 4.66. The van der Waals surface area contributed by atoms with Crippen molar-refractivity contribution >= 4 is 45.3 Å². The molecule has 3 aromatic rings. The number of nitrogens with zero attached hydrogens (tertiary/aromatic N) is 2. The molecule has 0 saturated carbocycles. The molecular formula is C25H23Cl2N3O4S. The van der Waals surface area contributed by atoms with Crippen LogP contribution in [0.5, 0.6) is 5.75 Å². The fraction of sp³-hybridized carbons (Fsp3) is 0.120. The summed E-state index contributed by atoms with van der Waals surface area (Å²) in [4.78, 5) is 12.5. The summed E-state index contributed by atoms with van der Waals surface area (Å²) in [6.45, 7) is 3.43. The van der Waals surface area contributed by atoms with Crippen molar-refractivity contribution in [3.05, 3.63) is 107 Å². The lowest BCUT2D eigenvalue weighted by molar-refractivity contribution is -0.121. The van der Waals surface area contributed by atoms with E-state index in [2.05, 4.69) is 17.1 Å². The van der Waals surface area contributed by atoms with E-state index in [1.165, 1.54) is 24.4 Å². The topological polar surface area (TPSA) is 88.1 Å². The minimum Gasteiger partial charge on any atom is -0.490 e.